The number of aromatic nitrogens is 6. The lowest BCUT2D eigenvalue weighted by molar-refractivity contribution is 0.244. The summed E-state index contributed by atoms with van der Waals surface area (Å²) in [5.74, 6) is 0.458. The average Bonchev–Trinajstić information content (AvgIpc) is 3.13. The molecule has 4 heterocycles. The van der Waals surface area contributed by atoms with Crippen LogP contribution in [0.15, 0.2) is 23.3 Å². The van der Waals surface area contributed by atoms with Crippen LogP contribution in [-0.2, 0) is 19.5 Å². The molecule has 3 aromatic rings. The van der Waals surface area contributed by atoms with E-state index in [1.165, 1.54) is 17.3 Å². The molecule has 8 nitrogen and oxygen atoms in total. The first-order valence-electron chi connectivity index (χ1n) is 7.95. The minimum absolute atomic E-state index is 0.169. The molecule has 24 heavy (non-hydrogen) atoms. The van der Waals surface area contributed by atoms with Crippen molar-refractivity contribution in [1.82, 2.24) is 34.8 Å². The van der Waals surface area contributed by atoms with Crippen molar-refractivity contribution in [3.8, 4) is 5.95 Å². The van der Waals surface area contributed by atoms with Gasteiger partial charge < -0.3 is 0 Å². The first-order chi connectivity index (χ1) is 11.6. The Kier molecular flexibility index (Phi) is 3.53. The second-order valence-electron chi connectivity index (χ2n) is 6.21. The molecular weight excluding hydrogens is 306 g/mol. The summed E-state index contributed by atoms with van der Waals surface area (Å²) in [6.07, 6.45) is 4.73. The zero-order valence-corrected chi connectivity index (χ0v) is 13.7. The van der Waals surface area contributed by atoms with E-state index in [9.17, 15) is 4.79 Å². The van der Waals surface area contributed by atoms with Crippen LogP contribution in [0.3, 0.4) is 0 Å². The van der Waals surface area contributed by atoms with E-state index in [1.54, 1.807) is 11.6 Å². The smallest absolute Gasteiger partial charge is 0.252 e. The van der Waals surface area contributed by atoms with E-state index in [-0.39, 0.29) is 5.56 Å². The molecule has 3 aromatic heterocycles. The minimum atomic E-state index is -0.169. The van der Waals surface area contributed by atoms with Crippen molar-refractivity contribution in [3.05, 3.63) is 57.0 Å². The Morgan fingerprint density at radius 3 is 3.00 bits per heavy atom. The van der Waals surface area contributed by atoms with E-state index in [0.29, 0.717) is 11.6 Å². The number of aryl methyl sites for hydroxylation is 1. The van der Waals surface area contributed by atoms with Gasteiger partial charge in [0, 0.05) is 60.3 Å². The van der Waals surface area contributed by atoms with Gasteiger partial charge in [0.15, 0.2) is 0 Å². The van der Waals surface area contributed by atoms with Crippen molar-refractivity contribution < 1.29 is 0 Å². The Hall–Kier alpha value is -2.74. The number of H-pyrrole nitrogens is 2. The molecule has 0 saturated carbocycles. The van der Waals surface area contributed by atoms with E-state index < -0.39 is 0 Å². The normalized spacial score (nSPS) is 14.8. The number of hydrogen-bond acceptors (Lipinski definition) is 5. The van der Waals surface area contributed by atoms with Crippen molar-refractivity contribution in [2.45, 2.75) is 33.4 Å². The summed E-state index contributed by atoms with van der Waals surface area (Å²) < 4.78 is 1.69. The molecule has 0 aliphatic carbocycles. The number of nitrogens with one attached hydrogen (secondary N) is 2. The van der Waals surface area contributed by atoms with Crippen molar-refractivity contribution >= 4 is 0 Å². The summed E-state index contributed by atoms with van der Waals surface area (Å²) in [5, 5.41) is 11.6. The molecule has 0 saturated heterocycles. The molecule has 8 heteroatoms. The lowest BCUT2D eigenvalue weighted by atomic mass is 10.1. The van der Waals surface area contributed by atoms with Gasteiger partial charge in [0.1, 0.15) is 0 Å². The van der Waals surface area contributed by atoms with Gasteiger partial charge in [-0.2, -0.15) is 10.2 Å². The highest BCUT2D eigenvalue weighted by molar-refractivity contribution is 5.25. The van der Waals surface area contributed by atoms with Crippen LogP contribution in [0.2, 0.25) is 0 Å². The zero-order chi connectivity index (χ0) is 16.7. The van der Waals surface area contributed by atoms with Gasteiger partial charge in [-0.05, 0) is 13.8 Å². The highest BCUT2D eigenvalue weighted by Gasteiger charge is 2.20. The van der Waals surface area contributed by atoms with Crippen molar-refractivity contribution in [2.75, 3.05) is 6.54 Å². The maximum Gasteiger partial charge on any atom is 0.252 e. The fourth-order valence-corrected chi connectivity index (χ4v) is 3.13. The highest BCUT2D eigenvalue weighted by atomic mass is 16.1. The first kappa shape index (κ1) is 14.8. The van der Waals surface area contributed by atoms with Crippen molar-refractivity contribution in [1.29, 1.82) is 0 Å². The average molecular weight is 325 g/mol. The molecule has 4 rings (SSSR count). The van der Waals surface area contributed by atoms with Gasteiger partial charge in [0.05, 0.1) is 12.4 Å². The third-order valence-electron chi connectivity index (χ3n) is 4.44. The van der Waals surface area contributed by atoms with Crippen LogP contribution in [0.4, 0.5) is 0 Å². The van der Waals surface area contributed by atoms with E-state index in [4.69, 9.17) is 0 Å². The minimum Gasteiger partial charge on any atom is -0.294 e. The maximum atomic E-state index is 11.7. The summed E-state index contributed by atoms with van der Waals surface area (Å²) >= 11 is 0. The fourth-order valence-electron chi connectivity index (χ4n) is 3.13. The molecule has 0 radical (unpaired) electrons. The summed E-state index contributed by atoms with van der Waals surface area (Å²) in [5.41, 5.74) is 5.12. The molecule has 2 N–H and O–H groups in total. The SMILES string of the molecule is Cc1cc(=O)[nH]c(-n2ncc(CN3CCc4[nH]ncc4C3)c2C)n1. The van der Waals surface area contributed by atoms with Gasteiger partial charge in [-0.25, -0.2) is 9.67 Å². The van der Waals surface area contributed by atoms with Gasteiger partial charge in [0.2, 0.25) is 5.95 Å². The molecule has 0 unspecified atom stereocenters. The second kappa shape index (κ2) is 5.72. The Balaban J connectivity index is 1.58. The van der Waals surface area contributed by atoms with Gasteiger partial charge in [-0.1, -0.05) is 0 Å². The summed E-state index contributed by atoms with van der Waals surface area (Å²) in [7, 11) is 0. The number of fused-ring (bicyclic) bond motifs is 1. The molecular formula is C16H19N7O. The largest absolute Gasteiger partial charge is 0.294 e. The summed E-state index contributed by atoms with van der Waals surface area (Å²) in [4.78, 5) is 21.1. The molecule has 1 aliphatic rings. The van der Waals surface area contributed by atoms with Crippen LogP contribution in [0.1, 0.15) is 28.2 Å². The third-order valence-corrected chi connectivity index (χ3v) is 4.44. The molecule has 0 fully saturated rings. The maximum absolute atomic E-state index is 11.7. The molecule has 0 atom stereocenters. The molecule has 0 amide bonds. The Labute approximate surface area is 138 Å². The Morgan fingerprint density at radius 1 is 1.29 bits per heavy atom. The van der Waals surface area contributed by atoms with Crippen LogP contribution in [0.5, 0.6) is 0 Å². The molecule has 0 aromatic carbocycles. The van der Waals surface area contributed by atoms with Crippen LogP contribution in [0.25, 0.3) is 5.95 Å². The Morgan fingerprint density at radius 2 is 2.17 bits per heavy atom. The van der Waals surface area contributed by atoms with E-state index in [2.05, 4.69) is 30.2 Å². The lowest BCUT2D eigenvalue weighted by Crippen LogP contribution is -2.29. The van der Waals surface area contributed by atoms with Crippen LogP contribution in [-0.4, -0.2) is 41.4 Å². The predicted octanol–water partition coefficient (Wildman–Crippen LogP) is 0.854. The fraction of sp³-hybridized carbons (Fsp3) is 0.375. The quantitative estimate of drug-likeness (QED) is 0.744. The summed E-state index contributed by atoms with van der Waals surface area (Å²) in [6, 6.07) is 1.47. The first-order valence-corrected chi connectivity index (χ1v) is 7.95. The lowest BCUT2D eigenvalue weighted by Gasteiger charge is -2.26. The van der Waals surface area contributed by atoms with Gasteiger partial charge >= 0.3 is 0 Å². The van der Waals surface area contributed by atoms with Gasteiger partial charge in [0.25, 0.3) is 5.56 Å². The summed E-state index contributed by atoms with van der Waals surface area (Å²) in [6.45, 7) is 6.48. The van der Waals surface area contributed by atoms with Crippen molar-refractivity contribution in [2.24, 2.45) is 0 Å². The van der Waals surface area contributed by atoms with Crippen LogP contribution >= 0.6 is 0 Å². The number of nitrogens with zero attached hydrogens (tertiary/aromatic N) is 5. The van der Waals surface area contributed by atoms with E-state index in [1.807, 2.05) is 19.3 Å². The van der Waals surface area contributed by atoms with Crippen LogP contribution in [0, 0.1) is 13.8 Å². The van der Waals surface area contributed by atoms with Crippen LogP contribution < -0.4 is 5.56 Å². The molecule has 124 valence electrons. The van der Waals surface area contributed by atoms with Gasteiger partial charge in [-0.3, -0.25) is 19.8 Å². The second-order valence-corrected chi connectivity index (χ2v) is 6.21. The molecule has 1 aliphatic heterocycles. The van der Waals surface area contributed by atoms with Crippen molar-refractivity contribution in [3.63, 3.8) is 0 Å². The monoisotopic (exact) mass is 325 g/mol. The number of aromatic amines is 2. The predicted molar refractivity (Wildman–Crippen MR) is 87.9 cm³/mol. The standard InChI is InChI=1S/C16H19N7O/c1-10-5-15(24)20-16(19-10)23-11(2)12(7-18-23)8-22-4-3-14-13(9-22)6-17-21-14/h5-7H,3-4,8-9H2,1-2H3,(H,17,21)(H,19,20,24). The zero-order valence-electron chi connectivity index (χ0n) is 13.7. The third kappa shape index (κ3) is 2.65. The van der Waals surface area contributed by atoms with E-state index in [0.717, 1.165) is 37.3 Å². The number of rotatable bonds is 3. The molecule has 0 bridgehead atoms. The van der Waals surface area contributed by atoms with E-state index >= 15 is 0 Å². The highest BCUT2D eigenvalue weighted by Crippen LogP contribution is 2.20. The Bertz CT molecular complexity index is 936. The number of hydrogen-bond donors (Lipinski definition) is 2. The van der Waals surface area contributed by atoms with Gasteiger partial charge in [-0.15, -0.1) is 0 Å². The molecule has 0 spiro atoms. The topological polar surface area (TPSA) is 95.5 Å².